The Bertz CT molecular complexity index is 1030. The molecule has 0 unspecified atom stereocenters. The minimum atomic E-state index is 0.518. The van der Waals surface area contributed by atoms with Crippen LogP contribution in [-0.2, 0) is 6.42 Å². The van der Waals surface area contributed by atoms with Crippen LogP contribution in [0.15, 0.2) is 60.8 Å². The highest BCUT2D eigenvalue weighted by Crippen LogP contribution is 2.40. The van der Waals surface area contributed by atoms with Crippen LogP contribution in [0.25, 0.3) is 11.1 Å². The lowest BCUT2D eigenvalue weighted by Crippen LogP contribution is -1.98. The van der Waals surface area contributed by atoms with Gasteiger partial charge in [-0.1, -0.05) is 44.2 Å². The summed E-state index contributed by atoms with van der Waals surface area (Å²) < 4.78 is 5.26. The summed E-state index contributed by atoms with van der Waals surface area (Å²) in [6.07, 6.45) is 5.05. The molecular formula is C26H28N2O. The highest BCUT2D eigenvalue weighted by Gasteiger charge is 2.20. The van der Waals surface area contributed by atoms with Crippen LogP contribution in [0.5, 0.6) is 5.88 Å². The van der Waals surface area contributed by atoms with Gasteiger partial charge in [0.15, 0.2) is 0 Å². The van der Waals surface area contributed by atoms with Gasteiger partial charge in [0.25, 0.3) is 0 Å². The number of allylic oxidation sites excluding steroid dienone is 1. The third-order valence-corrected chi connectivity index (χ3v) is 5.73. The number of aryl methyl sites for hydroxylation is 1. The van der Waals surface area contributed by atoms with Gasteiger partial charge in [0.2, 0.25) is 5.88 Å². The second-order valence-corrected chi connectivity index (χ2v) is 7.99. The number of hydrogen-bond acceptors (Lipinski definition) is 3. The van der Waals surface area contributed by atoms with Crippen molar-refractivity contribution >= 4 is 16.8 Å². The van der Waals surface area contributed by atoms with Crippen LogP contribution in [-0.4, -0.2) is 12.1 Å². The smallest absolute Gasteiger partial charge is 0.212 e. The van der Waals surface area contributed by atoms with Gasteiger partial charge in [-0.15, -0.1) is 0 Å². The highest BCUT2D eigenvalue weighted by atomic mass is 16.5. The predicted molar refractivity (Wildman–Crippen MR) is 121 cm³/mol. The molecule has 0 atom stereocenters. The summed E-state index contributed by atoms with van der Waals surface area (Å²) in [6, 6.07) is 19.4. The average Bonchev–Trinajstić information content (AvgIpc) is 2.93. The Balaban J connectivity index is 1.93. The molecule has 0 bridgehead atoms. The van der Waals surface area contributed by atoms with Crippen LogP contribution in [0.1, 0.15) is 60.4 Å². The fourth-order valence-electron chi connectivity index (χ4n) is 4.14. The number of rotatable bonds is 4. The van der Waals surface area contributed by atoms with Gasteiger partial charge in [-0.3, -0.25) is 0 Å². The molecule has 4 rings (SSSR count). The second kappa shape index (κ2) is 8.12. The van der Waals surface area contributed by atoms with Gasteiger partial charge in [-0.05, 0) is 82.3 Å². The number of methoxy groups -OCH3 is 1. The third kappa shape index (κ3) is 3.91. The summed E-state index contributed by atoms with van der Waals surface area (Å²) in [7, 11) is 1.65. The van der Waals surface area contributed by atoms with Crippen molar-refractivity contribution in [1.29, 1.82) is 0 Å². The van der Waals surface area contributed by atoms with E-state index in [-0.39, 0.29) is 0 Å². The van der Waals surface area contributed by atoms with E-state index in [4.69, 9.17) is 10.5 Å². The van der Waals surface area contributed by atoms with Crippen LogP contribution >= 0.6 is 0 Å². The van der Waals surface area contributed by atoms with Crippen molar-refractivity contribution < 1.29 is 4.74 Å². The topological polar surface area (TPSA) is 48.1 Å². The van der Waals surface area contributed by atoms with Gasteiger partial charge < -0.3 is 10.5 Å². The summed E-state index contributed by atoms with van der Waals surface area (Å²) >= 11 is 0. The number of aromatic nitrogens is 1. The number of nitrogen functional groups attached to an aromatic ring is 1. The van der Waals surface area contributed by atoms with Crippen LogP contribution in [0.4, 0.5) is 5.69 Å². The molecule has 148 valence electrons. The molecule has 2 N–H and O–H groups in total. The van der Waals surface area contributed by atoms with Gasteiger partial charge in [-0.25, -0.2) is 4.98 Å². The number of hydrogen-bond donors (Lipinski definition) is 1. The van der Waals surface area contributed by atoms with E-state index in [9.17, 15) is 0 Å². The lowest BCUT2D eigenvalue weighted by atomic mass is 9.87. The third-order valence-electron chi connectivity index (χ3n) is 5.73. The molecule has 0 fully saturated rings. The molecule has 3 nitrogen and oxygen atoms in total. The van der Waals surface area contributed by atoms with Crippen molar-refractivity contribution in [2.75, 3.05) is 12.8 Å². The molecule has 1 aliphatic carbocycles. The van der Waals surface area contributed by atoms with Gasteiger partial charge in [0, 0.05) is 18.0 Å². The summed E-state index contributed by atoms with van der Waals surface area (Å²) in [5, 5.41) is 0. The molecule has 3 aromatic rings. The van der Waals surface area contributed by atoms with Crippen molar-refractivity contribution in [1.82, 2.24) is 4.98 Å². The predicted octanol–water partition coefficient (Wildman–Crippen LogP) is 6.09. The molecule has 1 aliphatic rings. The minimum Gasteiger partial charge on any atom is -0.481 e. The van der Waals surface area contributed by atoms with Gasteiger partial charge in [0.1, 0.15) is 0 Å². The van der Waals surface area contributed by atoms with Gasteiger partial charge in [-0.2, -0.15) is 0 Å². The zero-order chi connectivity index (χ0) is 20.4. The summed E-state index contributed by atoms with van der Waals surface area (Å²) in [4.78, 5) is 4.46. The minimum absolute atomic E-state index is 0.518. The molecule has 1 aromatic heterocycles. The van der Waals surface area contributed by atoms with Crippen molar-refractivity contribution in [2.45, 2.75) is 39.0 Å². The van der Waals surface area contributed by atoms with E-state index in [1.807, 2.05) is 18.3 Å². The maximum Gasteiger partial charge on any atom is 0.212 e. The van der Waals surface area contributed by atoms with E-state index in [0.717, 1.165) is 30.5 Å². The highest BCUT2D eigenvalue weighted by molar-refractivity contribution is 6.00. The lowest BCUT2D eigenvalue weighted by Gasteiger charge is -2.17. The Labute approximate surface area is 173 Å². The molecule has 0 saturated carbocycles. The average molecular weight is 385 g/mol. The molecule has 2 aromatic carbocycles. The fraction of sp³-hybridized carbons (Fsp3) is 0.269. The summed E-state index contributed by atoms with van der Waals surface area (Å²) in [5.74, 6) is 1.16. The summed E-state index contributed by atoms with van der Waals surface area (Å²) in [5.41, 5.74) is 15.9. The molecule has 0 amide bonds. The molecular weight excluding hydrogens is 356 g/mol. The normalized spacial score (nSPS) is 13.9. The second-order valence-electron chi connectivity index (χ2n) is 7.99. The van der Waals surface area contributed by atoms with E-state index in [1.54, 1.807) is 7.11 Å². The Morgan fingerprint density at radius 3 is 2.34 bits per heavy atom. The Morgan fingerprint density at radius 1 is 0.931 bits per heavy atom. The molecule has 0 saturated heterocycles. The van der Waals surface area contributed by atoms with E-state index in [2.05, 4.69) is 61.3 Å². The van der Waals surface area contributed by atoms with Crippen molar-refractivity contribution in [3.63, 3.8) is 0 Å². The first-order chi connectivity index (χ1) is 14.1. The molecule has 1 heterocycles. The van der Waals surface area contributed by atoms with Crippen LogP contribution in [0.2, 0.25) is 0 Å². The van der Waals surface area contributed by atoms with E-state index in [1.165, 1.54) is 33.4 Å². The van der Waals surface area contributed by atoms with Crippen molar-refractivity contribution in [3.05, 3.63) is 88.6 Å². The standard InChI is InChI=1S/C26H28N2O/c1-17(2)18-7-9-19(10-8-18)26-23(21-11-14-25(29-3)28-16-21)6-4-5-20-15-22(27)12-13-24(20)26/h7-17H,4-6,27H2,1-3H3. The number of fused-ring (bicyclic) bond motifs is 1. The maximum atomic E-state index is 6.11. The molecule has 29 heavy (non-hydrogen) atoms. The van der Waals surface area contributed by atoms with E-state index < -0.39 is 0 Å². The van der Waals surface area contributed by atoms with E-state index in [0.29, 0.717) is 11.8 Å². The summed E-state index contributed by atoms with van der Waals surface area (Å²) in [6.45, 7) is 4.46. The van der Waals surface area contributed by atoms with Crippen molar-refractivity contribution in [2.24, 2.45) is 0 Å². The number of nitrogens with zero attached hydrogens (tertiary/aromatic N) is 1. The molecule has 0 aliphatic heterocycles. The van der Waals surface area contributed by atoms with Gasteiger partial charge in [0.05, 0.1) is 7.11 Å². The zero-order valence-electron chi connectivity index (χ0n) is 17.4. The molecule has 0 radical (unpaired) electrons. The number of anilines is 1. The molecule has 3 heteroatoms. The van der Waals surface area contributed by atoms with E-state index >= 15 is 0 Å². The Hall–Kier alpha value is -3.07. The molecule has 0 spiro atoms. The largest absolute Gasteiger partial charge is 0.481 e. The zero-order valence-corrected chi connectivity index (χ0v) is 17.4. The number of nitrogens with two attached hydrogens (primary N) is 1. The Kier molecular flexibility index (Phi) is 5.39. The Morgan fingerprint density at radius 2 is 1.69 bits per heavy atom. The van der Waals surface area contributed by atoms with Gasteiger partial charge >= 0.3 is 0 Å². The van der Waals surface area contributed by atoms with Crippen LogP contribution < -0.4 is 10.5 Å². The SMILES string of the molecule is COc1ccc(C2=C(c3ccc(C(C)C)cc3)c3ccc(N)cc3CCC2)cn1. The number of ether oxygens (including phenoxy) is 1. The first kappa shape index (κ1) is 19.3. The van der Waals surface area contributed by atoms with Crippen molar-refractivity contribution in [3.8, 4) is 5.88 Å². The first-order valence-electron chi connectivity index (χ1n) is 10.3. The first-order valence-corrected chi connectivity index (χ1v) is 10.3. The van der Waals surface area contributed by atoms with Crippen LogP contribution in [0, 0.1) is 0 Å². The van der Waals surface area contributed by atoms with Crippen LogP contribution in [0.3, 0.4) is 0 Å². The monoisotopic (exact) mass is 384 g/mol. The lowest BCUT2D eigenvalue weighted by molar-refractivity contribution is 0.398. The number of benzene rings is 2. The number of pyridine rings is 1. The fourth-order valence-corrected chi connectivity index (χ4v) is 4.14. The maximum absolute atomic E-state index is 6.11. The quantitative estimate of drug-likeness (QED) is 0.554.